The fraction of sp³-hybridized carbons (Fsp3) is 0.292. The number of hydrogen-bond acceptors (Lipinski definition) is 5. The van der Waals surface area contributed by atoms with Crippen molar-refractivity contribution >= 4 is 23.4 Å². The molecule has 1 N–H and O–H groups in total. The number of benzene rings is 2. The maximum atomic E-state index is 12.5. The maximum Gasteiger partial charge on any atom is 0.234 e. The van der Waals surface area contributed by atoms with E-state index in [1.807, 2.05) is 41.0 Å². The molecule has 0 aliphatic rings. The quantitative estimate of drug-likeness (QED) is 0.341. The lowest BCUT2D eigenvalue weighted by Gasteiger charge is -2.11. The molecular formula is C24H28N4O2S. The number of carbonyl (C=O) groups excluding carboxylic acids is 1. The van der Waals surface area contributed by atoms with Crippen LogP contribution in [0.4, 0.5) is 5.69 Å². The summed E-state index contributed by atoms with van der Waals surface area (Å²) in [7, 11) is 1.63. The van der Waals surface area contributed by atoms with Crippen LogP contribution in [0.5, 0.6) is 5.75 Å². The van der Waals surface area contributed by atoms with Gasteiger partial charge in [0.2, 0.25) is 5.91 Å². The maximum absolute atomic E-state index is 12.5. The molecule has 0 unspecified atom stereocenters. The zero-order valence-corrected chi connectivity index (χ0v) is 19.0. The van der Waals surface area contributed by atoms with E-state index >= 15 is 0 Å². The van der Waals surface area contributed by atoms with Crippen molar-refractivity contribution in [3.8, 4) is 17.1 Å². The van der Waals surface area contributed by atoms with E-state index in [-0.39, 0.29) is 11.7 Å². The lowest BCUT2D eigenvalue weighted by atomic mass is 9.99. The molecule has 0 spiro atoms. The van der Waals surface area contributed by atoms with Gasteiger partial charge in [-0.1, -0.05) is 56.0 Å². The number of methoxy groups -OCH3 is 1. The third-order valence-corrected chi connectivity index (χ3v) is 6.05. The SMILES string of the molecule is C=CCn1c(SCC(=O)Nc2ccc([C@H](C)CC)cc2)nnc1-c1ccccc1OC. The van der Waals surface area contributed by atoms with Crippen molar-refractivity contribution in [3.63, 3.8) is 0 Å². The molecule has 6 nitrogen and oxygen atoms in total. The number of hydrogen-bond donors (Lipinski definition) is 1. The largest absolute Gasteiger partial charge is 0.496 e. The minimum absolute atomic E-state index is 0.0896. The molecule has 31 heavy (non-hydrogen) atoms. The van der Waals surface area contributed by atoms with Gasteiger partial charge in [-0.2, -0.15) is 0 Å². The fourth-order valence-corrected chi connectivity index (χ4v) is 3.92. The van der Waals surface area contributed by atoms with Crippen molar-refractivity contribution in [2.75, 3.05) is 18.2 Å². The highest BCUT2D eigenvalue weighted by molar-refractivity contribution is 7.99. The van der Waals surface area contributed by atoms with Crippen LogP contribution >= 0.6 is 11.8 Å². The van der Waals surface area contributed by atoms with Gasteiger partial charge in [-0.05, 0) is 42.2 Å². The molecule has 0 saturated carbocycles. The number of anilines is 1. The second-order valence-electron chi connectivity index (χ2n) is 7.17. The summed E-state index contributed by atoms with van der Waals surface area (Å²) in [6.45, 7) is 8.73. The van der Waals surface area contributed by atoms with Crippen LogP contribution in [0, 0.1) is 0 Å². The van der Waals surface area contributed by atoms with Crippen LogP contribution in [0.1, 0.15) is 31.7 Å². The summed E-state index contributed by atoms with van der Waals surface area (Å²) in [4.78, 5) is 12.5. The van der Waals surface area contributed by atoms with Gasteiger partial charge in [-0.25, -0.2) is 0 Å². The third-order valence-electron chi connectivity index (χ3n) is 5.08. The van der Waals surface area contributed by atoms with Crippen LogP contribution in [0.25, 0.3) is 11.4 Å². The number of aromatic nitrogens is 3. The number of ether oxygens (including phenoxy) is 1. The lowest BCUT2D eigenvalue weighted by molar-refractivity contribution is -0.113. The van der Waals surface area contributed by atoms with E-state index < -0.39 is 0 Å². The Bertz CT molecular complexity index is 1030. The van der Waals surface area contributed by atoms with E-state index in [0.717, 1.165) is 23.4 Å². The zero-order chi connectivity index (χ0) is 22.2. The molecule has 1 amide bonds. The molecule has 1 atom stereocenters. The number of thioether (sulfide) groups is 1. The number of rotatable bonds is 10. The average Bonchev–Trinajstić information content (AvgIpc) is 3.20. The van der Waals surface area contributed by atoms with Crippen LogP contribution in [-0.4, -0.2) is 33.5 Å². The Balaban J connectivity index is 1.69. The second kappa shape index (κ2) is 10.8. The topological polar surface area (TPSA) is 69.0 Å². The van der Waals surface area contributed by atoms with Crippen LogP contribution in [0.15, 0.2) is 66.3 Å². The van der Waals surface area contributed by atoms with Gasteiger partial charge in [0.25, 0.3) is 0 Å². The van der Waals surface area contributed by atoms with E-state index in [2.05, 4.69) is 48.1 Å². The highest BCUT2D eigenvalue weighted by Crippen LogP contribution is 2.31. The highest BCUT2D eigenvalue weighted by atomic mass is 32.2. The molecule has 1 aromatic heterocycles. The van der Waals surface area contributed by atoms with Gasteiger partial charge in [0.15, 0.2) is 11.0 Å². The van der Waals surface area contributed by atoms with E-state index in [0.29, 0.717) is 23.4 Å². The minimum Gasteiger partial charge on any atom is -0.496 e. The van der Waals surface area contributed by atoms with Crippen molar-refractivity contribution < 1.29 is 9.53 Å². The van der Waals surface area contributed by atoms with Crippen molar-refractivity contribution in [1.29, 1.82) is 0 Å². The van der Waals surface area contributed by atoms with E-state index in [9.17, 15) is 4.79 Å². The van der Waals surface area contributed by atoms with Crippen molar-refractivity contribution in [2.24, 2.45) is 0 Å². The van der Waals surface area contributed by atoms with Gasteiger partial charge in [-0.3, -0.25) is 9.36 Å². The number of carbonyl (C=O) groups is 1. The lowest BCUT2D eigenvalue weighted by Crippen LogP contribution is -2.14. The van der Waals surface area contributed by atoms with Crippen molar-refractivity contribution in [3.05, 3.63) is 66.7 Å². The summed E-state index contributed by atoms with van der Waals surface area (Å²) in [5.41, 5.74) is 2.91. The average molecular weight is 437 g/mol. The molecule has 0 aliphatic heterocycles. The molecule has 1 heterocycles. The molecule has 0 radical (unpaired) electrons. The highest BCUT2D eigenvalue weighted by Gasteiger charge is 2.17. The third kappa shape index (κ3) is 5.55. The Labute approximate surface area is 187 Å². The first-order valence-corrected chi connectivity index (χ1v) is 11.3. The van der Waals surface area contributed by atoms with E-state index in [1.54, 1.807) is 13.2 Å². The molecular weight excluding hydrogens is 408 g/mol. The normalized spacial score (nSPS) is 11.7. The van der Waals surface area contributed by atoms with Crippen LogP contribution < -0.4 is 10.1 Å². The predicted octanol–water partition coefficient (Wildman–Crippen LogP) is 5.38. The molecule has 0 saturated heterocycles. The summed E-state index contributed by atoms with van der Waals surface area (Å²) in [6.07, 6.45) is 2.87. The first-order chi connectivity index (χ1) is 15.1. The number of para-hydroxylation sites is 1. The van der Waals surface area contributed by atoms with E-state index in [4.69, 9.17) is 4.74 Å². The Morgan fingerprint density at radius 3 is 2.65 bits per heavy atom. The number of amides is 1. The van der Waals surface area contributed by atoms with Crippen LogP contribution in [0.2, 0.25) is 0 Å². The Morgan fingerprint density at radius 2 is 1.97 bits per heavy atom. The van der Waals surface area contributed by atoms with Gasteiger partial charge in [0.05, 0.1) is 18.4 Å². The van der Waals surface area contributed by atoms with Gasteiger partial charge in [0, 0.05) is 12.2 Å². The summed E-state index contributed by atoms with van der Waals surface area (Å²) in [5, 5.41) is 12.2. The Kier molecular flexibility index (Phi) is 7.89. The Morgan fingerprint density at radius 1 is 1.23 bits per heavy atom. The Hall–Kier alpha value is -3.06. The number of nitrogens with zero attached hydrogens (tertiary/aromatic N) is 3. The monoisotopic (exact) mass is 436 g/mol. The standard InChI is InChI=1S/C24H28N4O2S/c1-5-15-28-23(20-9-7-8-10-21(20)30-4)26-27-24(28)31-16-22(29)25-19-13-11-18(12-14-19)17(3)6-2/h5,7-14,17H,1,6,15-16H2,2-4H3,(H,25,29)/t17-/m1/s1. The first kappa shape index (κ1) is 22.6. The molecule has 0 bridgehead atoms. The number of allylic oxidation sites excluding steroid dienone is 1. The fourth-order valence-electron chi connectivity index (χ4n) is 3.18. The van der Waals surface area contributed by atoms with Crippen molar-refractivity contribution in [2.45, 2.75) is 37.9 Å². The van der Waals surface area contributed by atoms with Gasteiger partial charge >= 0.3 is 0 Å². The summed E-state index contributed by atoms with van der Waals surface area (Å²) >= 11 is 1.34. The minimum atomic E-state index is -0.0896. The summed E-state index contributed by atoms with van der Waals surface area (Å²) < 4.78 is 7.39. The zero-order valence-electron chi connectivity index (χ0n) is 18.2. The van der Waals surface area contributed by atoms with Gasteiger partial charge < -0.3 is 10.1 Å². The van der Waals surface area contributed by atoms with Crippen LogP contribution in [-0.2, 0) is 11.3 Å². The smallest absolute Gasteiger partial charge is 0.234 e. The predicted molar refractivity (Wildman–Crippen MR) is 127 cm³/mol. The first-order valence-electron chi connectivity index (χ1n) is 10.3. The second-order valence-corrected chi connectivity index (χ2v) is 8.12. The number of nitrogens with one attached hydrogen (secondary N) is 1. The molecule has 162 valence electrons. The molecule has 3 aromatic rings. The molecule has 3 rings (SSSR count). The van der Waals surface area contributed by atoms with Gasteiger partial charge in [-0.15, -0.1) is 16.8 Å². The molecule has 0 fully saturated rings. The summed E-state index contributed by atoms with van der Waals surface area (Å²) in [5.74, 6) is 2.05. The van der Waals surface area contributed by atoms with E-state index in [1.165, 1.54) is 17.3 Å². The molecule has 0 aliphatic carbocycles. The molecule has 7 heteroatoms. The van der Waals surface area contributed by atoms with Gasteiger partial charge in [0.1, 0.15) is 5.75 Å². The van der Waals surface area contributed by atoms with Crippen LogP contribution in [0.3, 0.4) is 0 Å². The summed E-state index contributed by atoms with van der Waals surface area (Å²) in [6, 6.07) is 15.7. The molecule has 2 aromatic carbocycles. The van der Waals surface area contributed by atoms with Crippen molar-refractivity contribution in [1.82, 2.24) is 14.8 Å².